The first kappa shape index (κ1) is 20.2. The largest absolute Gasteiger partial charge is 0.353 e. The molecule has 8 heteroatoms. The maximum Gasteiger partial charge on any atom is 0.242 e. The summed E-state index contributed by atoms with van der Waals surface area (Å²) in [5.74, 6) is 1.55. The van der Waals surface area contributed by atoms with Crippen LogP contribution in [0.1, 0.15) is 12.0 Å². The van der Waals surface area contributed by atoms with Crippen molar-refractivity contribution in [2.45, 2.75) is 19.9 Å². The fraction of sp³-hybridized carbons (Fsp3) is 0.333. The number of amides is 2. The summed E-state index contributed by atoms with van der Waals surface area (Å²) in [6.45, 7) is 5.31. The number of piperazine rings is 1. The van der Waals surface area contributed by atoms with Gasteiger partial charge < -0.3 is 9.80 Å². The minimum Gasteiger partial charge on any atom is -0.353 e. The molecule has 32 heavy (non-hydrogen) atoms. The number of aromatic nitrogens is 3. The van der Waals surface area contributed by atoms with Crippen molar-refractivity contribution in [3.63, 3.8) is 0 Å². The summed E-state index contributed by atoms with van der Waals surface area (Å²) < 4.78 is 1.84. The van der Waals surface area contributed by atoms with Crippen LogP contribution in [0, 0.1) is 6.92 Å². The van der Waals surface area contributed by atoms with Crippen molar-refractivity contribution in [2.75, 3.05) is 42.5 Å². The number of hydrogen-bond acceptors (Lipinski definition) is 5. The number of aryl methyl sites for hydroxylation is 2. The molecule has 0 radical (unpaired) electrons. The van der Waals surface area contributed by atoms with E-state index in [0.717, 1.165) is 35.7 Å². The smallest absolute Gasteiger partial charge is 0.242 e. The molecule has 2 amide bonds. The molecule has 2 aliphatic heterocycles. The minimum absolute atomic E-state index is 0.0331. The molecule has 3 aromatic rings. The maximum absolute atomic E-state index is 13.1. The van der Waals surface area contributed by atoms with Gasteiger partial charge in [-0.2, -0.15) is 5.10 Å². The van der Waals surface area contributed by atoms with Gasteiger partial charge in [-0.05, 0) is 24.6 Å². The molecule has 0 spiro atoms. The van der Waals surface area contributed by atoms with E-state index in [1.165, 1.54) is 0 Å². The third kappa shape index (κ3) is 3.84. The zero-order chi connectivity index (χ0) is 22.1. The number of carbonyl (C=O) groups excluding carboxylic acids is 2. The van der Waals surface area contributed by atoms with E-state index in [4.69, 9.17) is 5.10 Å². The van der Waals surface area contributed by atoms with Crippen molar-refractivity contribution in [1.29, 1.82) is 0 Å². The summed E-state index contributed by atoms with van der Waals surface area (Å²) in [7, 11) is 0. The van der Waals surface area contributed by atoms with Gasteiger partial charge in [-0.25, -0.2) is 9.67 Å². The van der Waals surface area contributed by atoms with Crippen LogP contribution in [-0.2, 0) is 16.1 Å². The lowest BCUT2D eigenvalue weighted by Gasteiger charge is -2.36. The van der Waals surface area contributed by atoms with Crippen LogP contribution in [0.2, 0.25) is 0 Å². The van der Waals surface area contributed by atoms with Crippen molar-refractivity contribution in [3.05, 3.63) is 60.3 Å². The first-order valence-corrected chi connectivity index (χ1v) is 11.0. The minimum atomic E-state index is -0.0360. The van der Waals surface area contributed by atoms with Crippen LogP contribution in [0.25, 0.3) is 11.3 Å². The molecule has 1 fully saturated rings. The van der Waals surface area contributed by atoms with Crippen LogP contribution in [0.3, 0.4) is 0 Å². The second-order valence-electron chi connectivity index (χ2n) is 8.21. The molecule has 0 saturated carbocycles. The zero-order valence-electron chi connectivity index (χ0n) is 18.1. The Morgan fingerprint density at radius 2 is 1.78 bits per heavy atom. The molecule has 1 saturated heterocycles. The van der Waals surface area contributed by atoms with Gasteiger partial charge in [0.2, 0.25) is 11.8 Å². The molecule has 0 bridgehead atoms. The highest BCUT2D eigenvalue weighted by Crippen LogP contribution is 2.29. The lowest BCUT2D eigenvalue weighted by molar-refractivity contribution is -0.132. The van der Waals surface area contributed by atoms with Crippen molar-refractivity contribution in [3.8, 4) is 11.3 Å². The number of rotatable bonds is 4. The molecule has 1 aromatic carbocycles. The van der Waals surface area contributed by atoms with Crippen molar-refractivity contribution >= 4 is 23.5 Å². The van der Waals surface area contributed by atoms with E-state index in [9.17, 15) is 9.59 Å². The number of hydrogen-bond donors (Lipinski definition) is 0. The summed E-state index contributed by atoms with van der Waals surface area (Å²) in [5, 5.41) is 4.71. The predicted molar refractivity (Wildman–Crippen MR) is 122 cm³/mol. The topological polar surface area (TPSA) is 74.6 Å². The van der Waals surface area contributed by atoms with Crippen LogP contribution in [-0.4, -0.2) is 64.2 Å². The van der Waals surface area contributed by atoms with Crippen LogP contribution in [0.4, 0.5) is 11.6 Å². The van der Waals surface area contributed by atoms with Crippen LogP contribution >= 0.6 is 0 Å². The molecule has 0 N–H and O–H groups in total. The summed E-state index contributed by atoms with van der Waals surface area (Å²) in [6.07, 6.45) is 2.13. The molecular formula is C24H26N6O2. The Morgan fingerprint density at radius 3 is 2.53 bits per heavy atom. The van der Waals surface area contributed by atoms with Gasteiger partial charge in [0.15, 0.2) is 0 Å². The van der Waals surface area contributed by atoms with E-state index in [1.807, 2.05) is 65.0 Å². The quantitative estimate of drug-likeness (QED) is 0.635. The zero-order valence-corrected chi connectivity index (χ0v) is 18.1. The highest BCUT2D eigenvalue weighted by atomic mass is 16.2. The van der Waals surface area contributed by atoms with Crippen molar-refractivity contribution in [1.82, 2.24) is 19.7 Å². The Labute approximate surface area is 187 Å². The van der Waals surface area contributed by atoms with Crippen LogP contribution in [0.5, 0.6) is 0 Å². The fourth-order valence-corrected chi connectivity index (χ4v) is 4.38. The molecule has 0 aliphatic carbocycles. The number of benzene rings is 1. The number of anilines is 2. The van der Waals surface area contributed by atoms with Crippen molar-refractivity contribution < 1.29 is 9.59 Å². The van der Waals surface area contributed by atoms with Gasteiger partial charge in [-0.15, -0.1) is 0 Å². The van der Waals surface area contributed by atoms with E-state index in [0.29, 0.717) is 31.9 Å². The SMILES string of the molecule is Cc1ccccc1-c1cc2n(n1)CCC(=O)N2CC(=O)N1CCN(c2ccccn2)CC1. The standard InChI is InChI=1S/C24H26N6O2/c1-18-6-2-3-7-19(18)20-16-22-29(23(31)9-11-30(22)26-20)17-24(32)28-14-12-27(13-15-28)21-8-4-5-10-25-21/h2-8,10,16H,9,11-15,17H2,1H3. The number of nitrogens with zero attached hydrogens (tertiary/aromatic N) is 6. The van der Waals surface area contributed by atoms with E-state index < -0.39 is 0 Å². The number of pyridine rings is 1. The molecular weight excluding hydrogens is 404 g/mol. The van der Waals surface area contributed by atoms with Gasteiger partial charge in [-0.3, -0.25) is 14.5 Å². The highest BCUT2D eigenvalue weighted by Gasteiger charge is 2.31. The third-order valence-corrected chi connectivity index (χ3v) is 6.19. The van der Waals surface area contributed by atoms with Crippen molar-refractivity contribution in [2.24, 2.45) is 0 Å². The fourth-order valence-electron chi connectivity index (χ4n) is 4.38. The van der Waals surface area contributed by atoms with Gasteiger partial charge in [0.25, 0.3) is 0 Å². The number of carbonyl (C=O) groups is 2. The second-order valence-corrected chi connectivity index (χ2v) is 8.21. The first-order chi connectivity index (χ1) is 15.6. The van der Waals surface area contributed by atoms with Gasteiger partial charge >= 0.3 is 0 Å². The van der Waals surface area contributed by atoms with E-state index in [-0.39, 0.29) is 18.4 Å². The van der Waals surface area contributed by atoms with E-state index in [2.05, 4.69) is 9.88 Å². The normalized spacial score (nSPS) is 16.3. The summed E-state index contributed by atoms with van der Waals surface area (Å²) in [5.41, 5.74) is 3.00. The Hall–Kier alpha value is -3.68. The lowest BCUT2D eigenvalue weighted by Crippen LogP contribution is -2.52. The van der Waals surface area contributed by atoms with Gasteiger partial charge in [0.1, 0.15) is 18.2 Å². The Balaban J connectivity index is 1.29. The Kier molecular flexibility index (Phi) is 5.34. The molecule has 164 valence electrons. The monoisotopic (exact) mass is 430 g/mol. The molecule has 8 nitrogen and oxygen atoms in total. The average Bonchev–Trinajstić information content (AvgIpc) is 3.26. The summed E-state index contributed by atoms with van der Waals surface area (Å²) in [6, 6.07) is 15.8. The van der Waals surface area contributed by atoms with Gasteiger partial charge in [0, 0.05) is 50.4 Å². The van der Waals surface area contributed by atoms with Crippen LogP contribution in [0.15, 0.2) is 54.7 Å². The van der Waals surface area contributed by atoms with E-state index in [1.54, 1.807) is 11.1 Å². The van der Waals surface area contributed by atoms with E-state index >= 15 is 0 Å². The maximum atomic E-state index is 13.1. The average molecular weight is 431 g/mol. The second kappa shape index (κ2) is 8.45. The van der Waals surface area contributed by atoms with Gasteiger partial charge in [0.05, 0.1) is 12.2 Å². The van der Waals surface area contributed by atoms with Crippen LogP contribution < -0.4 is 9.80 Å². The first-order valence-electron chi connectivity index (χ1n) is 11.0. The molecule has 5 rings (SSSR count). The molecule has 2 aromatic heterocycles. The molecule has 0 unspecified atom stereocenters. The predicted octanol–water partition coefficient (Wildman–Crippen LogP) is 2.34. The Morgan fingerprint density at radius 1 is 1.00 bits per heavy atom. The van der Waals surface area contributed by atoms with Gasteiger partial charge in [-0.1, -0.05) is 30.3 Å². The Bertz CT molecular complexity index is 1130. The molecule has 0 atom stereocenters. The third-order valence-electron chi connectivity index (χ3n) is 6.19. The summed E-state index contributed by atoms with van der Waals surface area (Å²) in [4.78, 5) is 35.8. The number of fused-ring (bicyclic) bond motifs is 1. The summed E-state index contributed by atoms with van der Waals surface area (Å²) >= 11 is 0. The highest BCUT2D eigenvalue weighted by molar-refractivity contribution is 5.99. The molecule has 2 aliphatic rings. The lowest BCUT2D eigenvalue weighted by atomic mass is 10.1. The molecule has 4 heterocycles.